The first-order valence-corrected chi connectivity index (χ1v) is 5.91. The first-order valence-electron chi connectivity index (χ1n) is 4.30. The van der Waals surface area contributed by atoms with Gasteiger partial charge in [0.05, 0.1) is 0 Å². The quantitative estimate of drug-likeness (QED) is 0.382. The van der Waals surface area contributed by atoms with Crippen LogP contribution in [-0.2, 0) is 9.36 Å². The standard InChI is InChI=1S/C7H16NO5P/c1-3-7(4-2,14(11,12)13)6(10)8-5-9/h9H,3-5H2,1-2H3,(H,8,10)(H2,11,12,13). The van der Waals surface area contributed by atoms with Crippen molar-refractivity contribution < 1.29 is 24.3 Å². The molecule has 0 spiro atoms. The second-order valence-corrected chi connectivity index (χ2v) is 4.89. The number of rotatable bonds is 5. The average Bonchev–Trinajstić information content (AvgIpc) is 2.05. The molecule has 84 valence electrons. The van der Waals surface area contributed by atoms with Crippen LogP contribution < -0.4 is 5.32 Å². The molecule has 4 N–H and O–H groups in total. The highest BCUT2D eigenvalue weighted by molar-refractivity contribution is 7.54. The van der Waals surface area contributed by atoms with E-state index in [2.05, 4.69) is 0 Å². The smallest absolute Gasteiger partial charge is 0.340 e. The zero-order valence-corrected chi connectivity index (χ0v) is 9.12. The number of carbonyl (C=O) groups excluding carboxylic acids is 1. The lowest BCUT2D eigenvalue weighted by molar-refractivity contribution is -0.125. The predicted octanol–water partition coefficient (Wildman–Crippen LogP) is -0.211. The summed E-state index contributed by atoms with van der Waals surface area (Å²) in [5.41, 5.74) is 0. The monoisotopic (exact) mass is 225 g/mol. The van der Waals surface area contributed by atoms with Gasteiger partial charge in [-0.15, -0.1) is 0 Å². The van der Waals surface area contributed by atoms with Gasteiger partial charge in [0.1, 0.15) is 11.9 Å². The van der Waals surface area contributed by atoms with E-state index in [-0.39, 0.29) is 12.8 Å². The van der Waals surface area contributed by atoms with E-state index in [1.54, 1.807) is 0 Å². The Morgan fingerprint density at radius 1 is 1.36 bits per heavy atom. The molecule has 0 heterocycles. The lowest BCUT2D eigenvalue weighted by atomic mass is 10.0. The molecular formula is C7H16NO5P. The minimum atomic E-state index is -4.52. The Morgan fingerprint density at radius 3 is 2.00 bits per heavy atom. The Balaban J connectivity index is 5.08. The van der Waals surface area contributed by atoms with E-state index >= 15 is 0 Å². The van der Waals surface area contributed by atoms with Gasteiger partial charge in [0.15, 0.2) is 0 Å². The van der Waals surface area contributed by atoms with Gasteiger partial charge in [-0.1, -0.05) is 13.8 Å². The Morgan fingerprint density at radius 2 is 1.79 bits per heavy atom. The van der Waals surface area contributed by atoms with E-state index in [0.717, 1.165) is 0 Å². The molecule has 0 saturated heterocycles. The van der Waals surface area contributed by atoms with Gasteiger partial charge in [-0.2, -0.15) is 0 Å². The predicted molar refractivity (Wildman–Crippen MR) is 50.6 cm³/mol. The van der Waals surface area contributed by atoms with E-state index in [0.29, 0.717) is 0 Å². The third-order valence-corrected chi connectivity index (χ3v) is 4.34. The van der Waals surface area contributed by atoms with Crippen LogP contribution in [0.4, 0.5) is 0 Å². The topological polar surface area (TPSA) is 107 Å². The Kier molecular flexibility index (Phi) is 4.74. The molecule has 0 aliphatic carbocycles. The van der Waals surface area contributed by atoms with E-state index in [1.165, 1.54) is 13.8 Å². The molecule has 0 bridgehead atoms. The lowest BCUT2D eigenvalue weighted by Crippen LogP contribution is -2.46. The highest BCUT2D eigenvalue weighted by Gasteiger charge is 2.50. The minimum absolute atomic E-state index is 0.0274. The van der Waals surface area contributed by atoms with E-state index in [1.807, 2.05) is 5.32 Å². The first-order chi connectivity index (χ1) is 6.35. The molecule has 0 aromatic heterocycles. The van der Waals surface area contributed by atoms with Gasteiger partial charge in [0.2, 0.25) is 5.91 Å². The molecule has 0 aliphatic rings. The fourth-order valence-electron chi connectivity index (χ4n) is 1.35. The summed E-state index contributed by atoms with van der Waals surface area (Å²) in [7, 11) is -4.52. The fourth-order valence-corrected chi connectivity index (χ4v) is 2.52. The average molecular weight is 225 g/mol. The third kappa shape index (κ3) is 2.33. The van der Waals surface area contributed by atoms with Crippen LogP contribution in [0, 0.1) is 0 Å². The maximum Gasteiger partial charge on any atom is 0.340 e. The van der Waals surface area contributed by atoms with Crippen molar-refractivity contribution in [2.45, 2.75) is 31.8 Å². The molecular weight excluding hydrogens is 209 g/mol. The van der Waals surface area contributed by atoms with Crippen molar-refractivity contribution in [3.63, 3.8) is 0 Å². The highest BCUT2D eigenvalue weighted by Crippen LogP contribution is 2.54. The van der Waals surface area contributed by atoms with Gasteiger partial charge in [0.25, 0.3) is 0 Å². The maximum absolute atomic E-state index is 11.4. The molecule has 0 atom stereocenters. The third-order valence-electron chi connectivity index (χ3n) is 2.39. The number of aliphatic hydroxyl groups is 1. The molecule has 0 fully saturated rings. The molecule has 6 nitrogen and oxygen atoms in total. The summed E-state index contributed by atoms with van der Waals surface area (Å²) in [6.07, 6.45) is 0.0548. The number of amides is 1. The lowest BCUT2D eigenvalue weighted by Gasteiger charge is -2.30. The number of aliphatic hydroxyl groups excluding tert-OH is 1. The van der Waals surface area contributed by atoms with Crippen LogP contribution in [0.1, 0.15) is 26.7 Å². The van der Waals surface area contributed by atoms with Crippen LogP contribution in [-0.4, -0.2) is 32.7 Å². The molecule has 0 aromatic rings. The van der Waals surface area contributed by atoms with E-state index < -0.39 is 25.4 Å². The van der Waals surface area contributed by atoms with Gasteiger partial charge in [-0.25, -0.2) is 0 Å². The Hall–Kier alpha value is -0.420. The van der Waals surface area contributed by atoms with E-state index in [4.69, 9.17) is 14.9 Å². The number of hydrogen-bond acceptors (Lipinski definition) is 3. The van der Waals surface area contributed by atoms with Gasteiger partial charge in [-0.3, -0.25) is 9.36 Å². The molecule has 0 radical (unpaired) electrons. The fraction of sp³-hybridized carbons (Fsp3) is 0.857. The molecule has 1 amide bonds. The Labute approximate surface area is 82.5 Å². The SMILES string of the molecule is CCC(CC)(C(=O)NCO)P(=O)(O)O. The van der Waals surface area contributed by atoms with Crippen molar-refractivity contribution in [2.24, 2.45) is 0 Å². The summed E-state index contributed by atoms with van der Waals surface area (Å²) in [5, 5.41) is 8.78. The second-order valence-electron chi connectivity index (χ2n) is 2.95. The summed E-state index contributed by atoms with van der Waals surface area (Å²) < 4.78 is 11.2. The summed E-state index contributed by atoms with van der Waals surface area (Å²) in [6, 6.07) is 0. The maximum atomic E-state index is 11.4. The normalized spacial score (nSPS) is 12.6. The van der Waals surface area contributed by atoms with Crippen molar-refractivity contribution in [1.82, 2.24) is 5.32 Å². The molecule has 0 rings (SSSR count). The molecule has 0 aromatic carbocycles. The molecule has 0 saturated carbocycles. The van der Waals surface area contributed by atoms with Crippen LogP contribution in [0.15, 0.2) is 0 Å². The molecule has 0 aliphatic heterocycles. The van der Waals surface area contributed by atoms with Crippen LogP contribution in [0.25, 0.3) is 0 Å². The minimum Gasteiger partial charge on any atom is -0.377 e. The van der Waals surface area contributed by atoms with Gasteiger partial charge in [-0.05, 0) is 12.8 Å². The zero-order valence-electron chi connectivity index (χ0n) is 8.23. The van der Waals surface area contributed by atoms with E-state index in [9.17, 15) is 9.36 Å². The summed E-state index contributed by atoms with van der Waals surface area (Å²) in [6.45, 7) is 2.43. The number of nitrogens with one attached hydrogen (secondary N) is 1. The van der Waals surface area contributed by atoms with Crippen LogP contribution in [0.3, 0.4) is 0 Å². The second kappa shape index (κ2) is 4.89. The Bertz CT molecular complexity index is 244. The molecule has 14 heavy (non-hydrogen) atoms. The van der Waals surface area contributed by atoms with Crippen LogP contribution in [0.5, 0.6) is 0 Å². The molecule has 0 unspecified atom stereocenters. The van der Waals surface area contributed by atoms with Crippen molar-refractivity contribution in [3.05, 3.63) is 0 Å². The van der Waals surface area contributed by atoms with Crippen LogP contribution >= 0.6 is 7.60 Å². The van der Waals surface area contributed by atoms with Gasteiger partial charge >= 0.3 is 7.60 Å². The summed E-state index contributed by atoms with van der Waals surface area (Å²) in [5.74, 6) is -0.807. The largest absolute Gasteiger partial charge is 0.377 e. The van der Waals surface area contributed by atoms with Crippen molar-refractivity contribution >= 4 is 13.5 Å². The number of hydrogen-bond donors (Lipinski definition) is 4. The highest BCUT2D eigenvalue weighted by atomic mass is 31.2. The first kappa shape index (κ1) is 13.6. The van der Waals surface area contributed by atoms with Gasteiger partial charge < -0.3 is 20.2 Å². The van der Waals surface area contributed by atoms with Crippen molar-refractivity contribution in [1.29, 1.82) is 0 Å². The van der Waals surface area contributed by atoms with Gasteiger partial charge in [0, 0.05) is 0 Å². The summed E-state index contributed by atoms with van der Waals surface area (Å²) >= 11 is 0. The zero-order chi connectivity index (χ0) is 11.4. The number of carbonyl (C=O) groups is 1. The van der Waals surface area contributed by atoms with Crippen LogP contribution in [0.2, 0.25) is 0 Å². The van der Waals surface area contributed by atoms with Crippen molar-refractivity contribution in [2.75, 3.05) is 6.73 Å². The van der Waals surface area contributed by atoms with Crippen molar-refractivity contribution in [3.8, 4) is 0 Å². The molecule has 7 heteroatoms. The summed E-state index contributed by atoms with van der Waals surface area (Å²) in [4.78, 5) is 29.6.